The summed E-state index contributed by atoms with van der Waals surface area (Å²) in [7, 11) is 0. The van der Waals surface area contributed by atoms with Crippen LogP contribution in [-0.4, -0.2) is 42.6 Å². The number of hydrogen-bond acceptors (Lipinski definition) is 6. The summed E-state index contributed by atoms with van der Waals surface area (Å²) in [4.78, 5) is 23.5. The molecule has 1 saturated heterocycles. The molecule has 0 amide bonds. The van der Waals surface area contributed by atoms with E-state index in [9.17, 15) is 4.79 Å². The highest BCUT2D eigenvalue weighted by atomic mass is 35.5. The van der Waals surface area contributed by atoms with Gasteiger partial charge in [-0.05, 0) is 31.2 Å². The predicted octanol–water partition coefficient (Wildman–Crippen LogP) is 2.07. The third-order valence-corrected chi connectivity index (χ3v) is 5.63. The maximum absolute atomic E-state index is 12.1. The third-order valence-electron chi connectivity index (χ3n) is 5.39. The summed E-state index contributed by atoms with van der Waals surface area (Å²) >= 11 is 5.86. The van der Waals surface area contributed by atoms with Crippen LogP contribution in [0.1, 0.15) is 19.5 Å². The van der Waals surface area contributed by atoms with Gasteiger partial charge in [-0.25, -0.2) is 9.67 Å². The Bertz CT molecular complexity index is 1050. The van der Waals surface area contributed by atoms with E-state index in [1.54, 1.807) is 40.1 Å². The maximum Gasteiger partial charge on any atom is 0.253 e. The summed E-state index contributed by atoms with van der Waals surface area (Å²) in [5, 5.41) is 8.80. The standard InChI is InChI=1S/C18H18ClN7O/c1-11(25-3-2-14(19)5-18(25)27)26-10-16(22-23-26)15-6-20-7-17(21-15)24-8-12-4-13(12)9-24/h2-3,5-7,10-13H,4,8-9H2,1H3. The highest BCUT2D eigenvalue weighted by Gasteiger charge is 2.45. The van der Waals surface area contributed by atoms with Crippen LogP contribution >= 0.6 is 11.6 Å². The number of piperidine rings is 1. The molecular formula is C18H18ClN7O. The number of aromatic nitrogens is 6. The summed E-state index contributed by atoms with van der Waals surface area (Å²) in [6.45, 7) is 3.99. The second-order valence-electron chi connectivity index (χ2n) is 7.23. The molecule has 4 heterocycles. The molecule has 138 valence electrons. The molecule has 1 saturated carbocycles. The summed E-state index contributed by atoms with van der Waals surface area (Å²) < 4.78 is 3.17. The Morgan fingerprint density at radius 3 is 2.81 bits per heavy atom. The average Bonchev–Trinajstić information content (AvgIpc) is 3.08. The lowest BCUT2D eigenvalue weighted by Crippen LogP contribution is -2.26. The topological polar surface area (TPSA) is 81.7 Å². The SMILES string of the molecule is CC(n1cc(-c2cncc(N3CC4CC4C3)n2)nn1)n1ccc(Cl)cc1=O. The van der Waals surface area contributed by atoms with Crippen molar-refractivity contribution in [2.45, 2.75) is 19.5 Å². The van der Waals surface area contributed by atoms with E-state index in [-0.39, 0.29) is 11.7 Å². The zero-order chi connectivity index (χ0) is 18.5. The molecule has 3 atom stereocenters. The predicted molar refractivity (Wildman–Crippen MR) is 101 cm³/mol. The van der Waals surface area contributed by atoms with Gasteiger partial charge in [-0.2, -0.15) is 0 Å². The average molecular weight is 384 g/mol. The molecule has 3 aromatic rings. The molecule has 5 rings (SSSR count). The molecule has 1 aliphatic heterocycles. The van der Waals surface area contributed by atoms with Gasteiger partial charge < -0.3 is 4.90 Å². The highest BCUT2D eigenvalue weighted by molar-refractivity contribution is 6.30. The van der Waals surface area contributed by atoms with Crippen LogP contribution in [0.25, 0.3) is 11.4 Å². The molecule has 0 spiro atoms. The van der Waals surface area contributed by atoms with Gasteiger partial charge in [0.25, 0.3) is 5.56 Å². The van der Waals surface area contributed by atoms with E-state index in [1.807, 2.05) is 6.92 Å². The Morgan fingerprint density at radius 1 is 1.22 bits per heavy atom. The molecular weight excluding hydrogens is 366 g/mol. The molecule has 0 N–H and O–H groups in total. The van der Waals surface area contributed by atoms with Gasteiger partial charge >= 0.3 is 0 Å². The van der Waals surface area contributed by atoms with E-state index in [0.717, 1.165) is 30.7 Å². The van der Waals surface area contributed by atoms with Gasteiger partial charge in [0.2, 0.25) is 0 Å². The molecule has 27 heavy (non-hydrogen) atoms. The Hall–Kier alpha value is -2.74. The molecule has 0 bridgehead atoms. The fourth-order valence-electron chi connectivity index (χ4n) is 3.70. The molecule has 2 fully saturated rings. The first-order valence-electron chi connectivity index (χ1n) is 8.95. The highest BCUT2D eigenvalue weighted by Crippen LogP contribution is 2.45. The lowest BCUT2D eigenvalue weighted by Gasteiger charge is -2.18. The molecule has 9 heteroatoms. The molecule has 0 radical (unpaired) electrons. The minimum Gasteiger partial charge on any atom is -0.355 e. The minimum absolute atomic E-state index is 0.193. The van der Waals surface area contributed by atoms with E-state index in [1.165, 1.54) is 12.5 Å². The lowest BCUT2D eigenvalue weighted by molar-refractivity contribution is 0.405. The van der Waals surface area contributed by atoms with Crippen molar-refractivity contribution < 1.29 is 0 Å². The number of pyridine rings is 1. The summed E-state index contributed by atoms with van der Waals surface area (Å²) in [5.41, 5.74) is 1.11. The van der Waals surface area contributed by atoms with Crippen molar-refractivity contribution in [2.24, 2.45) is 11.8 Å². The van der Waals surface area contributed by atoms with E-state index in [2.05, 4.69) is 20.2 Å². The number of anilines is 1. The maximum atomic E-state index is 12.1. The first-order valence-corrected chi connectivity index (χ1v) is 9.33. The molecule has 3 aromatic heterocycles. The van der Waals surface area contributed by atoms with Crippen LogP contribution in [0, 0.1) is 11.8 Å². The zero-order valence-corrected chi connectivity index (χ0v) is 15.5. The number of fused-ring (bicyclic) bond motifs is 1. The zero-order valence-electron chi connectivity index (χ0n) is 14.7. The van der Waals surface area contributed by atoms with Crippen LogP contribution in [0.4, 0.5) is 5.82 Å². The van der Waals surface area contributed by atoms with Crippen molar-refractivity contribution in [3.05, 3.63) is 52.3 Å². The molecule has 8 nitrogen and oxygen atoms in total. The lowest BCUT2D eigenvalue weighted by atomic mass is 10.3. The van der Waals surface area contributed by atoms with E-state index in [4.69, 9.17) is 16.6 Å². The Labute approximate surface area is 160 Å². The molecule has 2 aliphatic rings. The number of hydrogen-bond donors (Lipinski definition) is 0. The number of nitrogens with zero attached hydrogens (tertiary/aromatic N) is 7. The van der Waals surface area contributed by atoms with Gasteiger partial charge in [0, 0.05) is 30.4 Å². The van der Waals surface area contributed by atoms with Gasteiger partial charge in [0.1, 0.15) is 23.4 Å². The van der Waals surface area contributed by atoms with E-state index >= 15 is 0 Å². The van der Waals surface area contributed by atoms with Crippen LogP contribution < -0.4 is 10.5 Å². The summed E-state index contributed by atoms with van der Waals surface area (Å²) in [6, 6.07) is 3.05. The quantitative estimate of drug-likeness (QED) is 0.686. The van der Waals surface area contributed by atoms with Gasteiger partial charge in [-0.15, -0.1) is 5.10 Å². The van der Waals surface area contributed by atoms with Crippen LogP contribution in [0.15, 0.2) is 41.7 Å². The van der Waals surface area contributed by atoms with Crippen molar-refractivity contribution in [1.29, 1.82) is 0 Å². The number of halogens is 1. The van der Waals surface area contributed by atoms with Gasteiger partial charge in [-0.3, -0.25) is 14.3 Å². The van der Waals surface area contributed by atoms with Crippen molar-refractivity contribution in [1.82, 2.24) is 29.5 Å². The fourth-order valence-corrected chi connectivity index (χ4v) is 3.84. The largest absolute Gasteiger partial charge is 0.355 e. The molecule has 1 aliphatic carbocycles. The van der Waals surface area contributed by atoms with Crippen LogP contribution in [0.5, 0.6) is 0 Å². The summed E-state index contributed by atoms with van der Waals surface area (Å²) in [6.07, 6.45) is 7.93. The summed E-state index contributed by atoms with van der Waals surface area (Å²) in [5.74, 6) is 2.54. The normalized spacial score (nSPS) is 21.9. The third kappa shape index (κ3) is 2.99. The van der Waals surface area contributed by atoms with Crippen molar-refractivity contribution in [3.8, 4) is 11.4 Å². The Morgan fingerprint density at radius 2 is 2.04 bits per heavy atom. The second kappa shape index (κ2) is 6.16. The number of rotatable bonds is 4. The van der Waals surface area contributed by atoms with Crippen LogP contribution in [0.2, 0.25) is 5.02 Å². The van der Waals surface area contributed by atoms with Crippen molar-refractivity contribution >= 4 is 17.4 Å². The Balaban J connectivity index is 1.41. The van der Waals surface area contributed by atoms with Gasteiger partial charge in [0.15, 0.2) is 0 Å². The first-order chi connectivity index (χ1) is 13.1. The monoisotopic (exact) mass is 383 g/mol. The molecule has 0 aromatic carbocycles. The van der Waals surface area contributed by atoms with Crippen LogP contribution in [-0.2, 0) is 0 Å². The van der Waals surface area contributed by atoms with E-state index < -0.39 is 0 Å². The minimum atomic E-state index is -0.335. The first kappa shape index (κ1) is 16.4. The van der Waals surface area contributed by atoms with Crippen molar-refractivity contribution in [3.63, 3.8) is 0 Å². The van der Waals surface area contributed by atoms with Gasteiger partial charge in [0.05, 0.1) is 18.6 Å². The Kier molecular flexibility index (Phi) is 3.75. The van der Waals surface area contributed by atoms with Crippen molar-refractivity contribution in [2.75, 3.05) is 18.0 Å². The molecule has 3 unspecified atom stereocenters. The van der Waals surface area contributed by atoms with Crippen LogP contribution in [0.3, 0.4) is 0 Å². The second-order valence-corrected chi connectivity index (χ2v) is 7.67. The van der Waals surface area contributed by atoms with Gasteiger partial charge in [-0.1, -0.05) is 16.8 Å². The fraction of sp³-hybridized carbons (Fsp3) is 0.389. The smallest absolute Gasteiger partial charge is 0.253 e. The van der Waals surface area contributed by atoms with E-state index in [0.29, 0.717) is 16.4 Å².